The first-order chi connectivity index (χ1) is 17.0. The number of nitrogens with two attached hydrogens (primary N) is 1. The van der Waals surface area contributed by atoms with Gasteiger partial charge in [0.25, 0.3) is 0 Å². The second kappa shape index (κ2) is 9.34. The highest BCUT2D eigenvalue weighted by Gasteiger charge is 2.25. The number of fused-ring (bicyclic) bond motifs is 1. The normalized spacial score (nSPS) is 11.9. The van der Waals surface area contributed by atoms with Gasteiger partial charge in [0, 0.05) is 40.7 Å². The molecule has 0 aliphatic carbocycles. The van der Waals surface area contributed by atoms with Crippen LogP contribution in [0.2, 0.25) is 0 Å². The van der Waals surface area contributed by atoms with Crippen molar-refractivity contribution in [2.45, 2.75) is 13.0 Å². The maximum atomic E-state index is 15.3. The third-order valence-corrected chi connectivity index (χ3v) is 5.72. The molecule has 176 valence electrons. The SMILES string of the molecule is CCOc1cc(O)c(F)c(C(Nc2ccc3c(N)nccc3c2)c2nc(-c3ccccc3)c[nH]2)c1. The Morgan fingerprint density at radius 2 is 1.94 bits per heavy atom. The molecule has 0 saturated heterocycles. The molecule has 8 heteroatoms. The first-order valence-corrected chi connectivity index (χ1v) is 11.2. The molecule has 5 rings (SSSR count). The molecule has 35 heavy (non-hydrogen) atoms. The predicted octanol–water partition coefficient (Wildman–Crippen LogP) is 5.65. The van der Waals surface area contributed by atoms with Gasteiger partial charge in [-0.3, -0.25) is 0 Å². The van der Waals surface area contributed by atoms with Gasteiger partial charge in [-0.1, -0.05) is 30.3 Å². The first-order valence-electron chi connectivity index (χ1n) is 11.2. The zero-order valence-electron chi connectivity index (χ0n) is 19.0. The fraction of sp³-hybridized carbons (Fsp3) is 0.111. The van der Waals surface area contributed by atoms with Gasteiger partial charge in [-0.2, -0.15) is 0 Å². The van der Waals surface area contributed by atoms with Gasteiger partial charge in [0.1, 0.15) is 23.4 Å². The number of phenols is 1. The monoisotopic (exact) mass is 469 g/mol. The van der Waals surface area contributed by atoms with Crippen LogP contribution in [0.3, 0.4) is 0 Å². The van der Waals surface area contributed by atoms with Crippen molar-refractivity contribution in [2.75, 3.05) is 17.7 Å². The van der Waals surface area contributed by atoms with E-state index in [9.17, 15) is 5.11 Å². The number of hydrogen-bond donors (Lipinski definition) is 4. The Morgan fingerprint density at radius 3 is 2.74 bits per heavy atom. The Bertz CT molecular complexity index is 1490. The van der Waals surface area contributed by atoms with Crippen molar-refractivity contribution < 1.29 is 14.2 Å². The van der Waals surface area contributed by atoms with E-state index in [0.29, 0.717) is 29.7 Å². The number of benzene rings is 3. The molecule has 0 bridgehead atoms. The largest absolute Gasteiger partial charge is 0.505 e. The number of rotatable bonds is 7. The molecule has 0 spiro atoms. The number of halogens is 1. The number of aromatic amines is 1. The molecule has 0 fully saturated rings. The summed E-state index contributed by atoms with van der Waals surface area (Å²) in [5.74, 6) is 0.0258. The second-order valence-corrected chi connectivity index (χ2v) is 8.03. The van der Waals surface area contributed by atoms with Crippen molar-refractivity contribution in [3.8, 4) is 22.8 Å². The highest BCUT2D eigenvalue weighted by Crippen LogP contribution is 2.36. The number of nitrogens with one attached hydrogen (secondary N) is 2. The van der Waals surface area contributed by atoms with Crippen molar-refractivity contribution in [3.05, 3.63) is 96.3 Å². The fourth-order valence-electron chi connectivity index (χ4n) is 4.06. The van der Waals surface area contributed by atoms with E-state index in [1.165, 1.54) is 6.07 Å². The lowest BCUT2D eigenvalue weighted by atomic mass is 10.0. The third kappa shape index (κ3) is 4.46. The molecule has 0 amide bonds. The van der Waals surface area contributed by atoms with Crippen molar-refractivity contribution in [3.63, 3.8) is 0 Å². The molecule has 5 N–H and O–H groups in total. The number of pyridine rings is 1. The molecule has 3 aromatic carbocycles. The number of imidazole rings is 1. The molecular weight excluding hydrogens is 445 g/mol. The van der Waals surface area contributed by atoms with Crippen LogP contribution in [0.1, 0.15) is 24.4 Å². The second-order valence-electron chi connectivity index (χ2n) is 8.03. The molecule has 7 nitrogen and oxygen atoms in total. The van der Waals surface area contributed by atoms with Crippen molar-refractivity contribution in [1.29, 1.82) is 0 Å². The lowest BCUT2D eigenvalue weighted by Gasteiger charge is -2.21. The van der Waals surface area contributed by atoms with Gasteiger partial charge in [-0.25, -0.2) is 14.4 Å². The summed E-state index contributed by atoms with van der Waals surface area (Å²) in [5, 5.41) is 15.4. The van der Waals surface area contributed by atoms with Gasteiger partial charge < -0.3 is 25.9 Å². The average molecular weight is 470 g/mol. The van der Waals surface area contributed by atoms with Crippen LogP contribution in [0.25, 0.3) is 22.0 Å². The lowest BCUT2D eigenvalue weighted by Crippen LogP contribution is -2.16. The van der Waals surface area contributed by atoms with E-state index >= 15 is 4.39 Å². The Labute approximate surface area is 201 Å². The van der Waals surface area contributed by atoms with Gasteiger partial charge in [-0.05, 0) is 42.6 Å². The topological polar surface area (TPSA) is 109 Å². The summed E-state index contributed by atoms with van der Waals surface area (Å²) in [5.41, 5.74) is 8.54. The minimum Gasteiger partial charge on any atom is -0.505 e. The highest BCUT2D eigenvalue weighted by molar-refractivity contribution is 5.92. The van der Waals surface area contributed by atoms with Crippen LogP contribution < -0.4 is 15.8 Å². The van der Waals surface area contributed by atoms with Gasteiger partial charge in [-0.15, -0.1) is 0 Å². The van der Waals surface area contributed by atoms with E-state index in [-0.39, 0.29) is 5.56 Å². The number of H-pyrrole nitrogens is 1. The minimum atomic E-state index is -0.754. The molecule has 5 aromatic rings. The van der Waals surface area contributed by atoms with Crippen LogP contribution in [-0.2, 0) is 0 Å². The summed E-state index contributed by atoms with van der Waals surface area (Å²) >= 11 is 0. The lowest BCUT2D eigenvalue weighted by molar-refractivity contribution is 0.334. The number of anilines is 2. The standard InChI is InChI=1S/C27H24FN5O2/c1-2-35-19-13-21(24(28)23(34)14-19)25(27-31-15-22(33-27)16-6-4-3-5-7-16)32-18-8-9-20-17(12-18)10-11-30-26(20)29/h3-15,25,32,34H,2H2,1H3,(H2,29,30)(H,31,33). The van der Waals surface area contributed by atoms with Crippen LogP contribution in [-0.4, -0.2) is 26.7 Å². The molecule has 0 aliphatic heterocycles. The maximum Gasteiger partial charge on any atom is 0.170 e. The first kappa shape index (κ1) is 22.2. The van der Waals surface area contributed by atoms with Crippen LogP contribution in [0.4, 0.5) is 15.9 Å². The van der Waals surface area contributed by atoms with E-state index in [0.717, 1.165) is 22.0 Å². The number of hydrogen-bond acceptors (Lipinski definition) is 6. The van der Waals surface area contributed by atoms with Gasteiger partial charge in [0.2, 0.25) is 0 Å². The van der Waals surface area contributed by atoms with Crippen molar-refractivity contribution in [2.24, 2.45) is 0 Å². The van der Waals surface area contributed by atoms with Crippen LogP contribution in [0.15, 0.2) is 79.1 Å². The average Bonchev–Trinajstić information content (AvgIpc) is 3.36. The number of nitrogen functional groups attached to an aromatic ring is 1. The Hall–Kier alpha value is -4.59. The van der Waals surface area contributed by atoms with E-state index in [4.69, 9.17) is 15.5 Å². The summed E-state index contributed by atoms with van der Waals surface area (Å²) in [6.45, 7) is 2.20. The van der Waals surface area contributed by atoms with E-state index in [1.54, 1.807) is 18.5 Å². The number of aromatic nitrogens is 3. The minimum absolute atomic E-state index is 0.191. The molecule has 1 atom stereocenters. The molecule has 1 unspecified atom stereocenters. The summed E-state index contributed by atoms with van der Waals surface area (Å²) in [7, 11) is 0. The summed E-state index contributed by atoms with van der Waals surface area (Å²) in [6.07, 6.45) is 3.41. The third-order valence-electron chi connectivity index (χ3n) is 5.72. The molecular formula is C27H24FN5O2. The Kier molecular flexibility index (Phi) is 5.93. The van der Waals surface area contributed by atoms with Crippen molar-refractivity contribution >= 4 is 22.3 Å². The van der Waals surface area contributed by atoms with E-state index in [1.807, 2.05) is 61.5 Å². The van der Waals surface area contributed by atoms with Gasteiger partial charge in [0.05, 0.1) is 12.3 Å². The zero-order chi connectivity index (χ0) is 24.4. The van der Waals surface area contributed by atoms with Crippen molar-refractivity contribution in [1.82, 2.24) is 15.0 Å². The quantitative estimate of drug-likeness (QED) is 0.245. The van der Waals surface area contributed by atoms with Gasteiger partial charge in [0.15, 0.2) is 11.6 Å². The summed E-state index contributed by atoms with van der Waals surface area (Å²) < 4.78 is 20.8. The summed E-state index contributed by atoms with van der Waals surface area (Å²) in [6, 6.07) is 19.2. The number of nitrogens with zero attached hydrogens (tertiary/aromatic N) is 2. The van der Waals surface area contributed by atoms with Crippen LogP contribution >= 0.6 is 0 Å². The molecule has 2 aromatic heterocycles. The highest BCUT2D eigenvalue weighted by atomic mass is 19.1. The maximum absolute atomic E-state index is 15.3. The van der Waals surface area contributed by atoms with Gasteiger partial charge >= 0.3 is 0 Å². The van der Waals surface area contributed by atoms with E-state index < -0.39 is 17.6 Å². The van der Waals surface area contributed by atoms with Crippen LogP contribution in [0, 0.1) is 5.82 Å². The Morgan fingerprint density at radius 1 is 1.11 bits per heavy atom. The predicted molar refractivity (Wildman–Crippen MR) is 135 cm³/mol. The molecule has 0 radical (unpaired) electrons. The smallest absolute Gasteiger partial charge is 0.170 e. The number of aromatic hydroxyl groups is 1. The molecule has 0 saturated carbocycles. The fourth-order valence-corrected chi connectivity index (χ4v) is 4.06. The summed E-state index contributed by atoms with van der Waals surface area (Å²) in [4.78, 5) is 12.0. The molecule has 0 aliphatic rings. The zero-order valence-corrected chi connectivity index (χ0v) is 19.0. The van der Waals surface area contributed by atoms with E-state index in [2.05, 4.69) is 15.3 Å². The number of ether oxygens (including phenoxy) is 1. The molecule has 2 heterocycles. The van der Waals surface area contributed by atoms with Crippen LogP contribution in [0.5, 0.6) is 11.5 Å². The Balaban J connectivity index is 1.61. The number of phenolic OH excluding ortho intramolecular Hbond substituents is 1.